The van der Waals surface area contributed by atoms with Gasteiger partial charge in [0.15, 0.2) is 17.3 Å². The van der Waals surface area contributed by atoms with Gasteiger partial charge in [0, 0.05) is 51.6 Å². The van der Waals surface area contributed by atoms with Gasteiger partial charge < -0.3 is 87.5 Å². The molecule has 1 unspecified atom stereocenters. The van der Waals surface area contributed by atoms with E-state index in [1.54, 1.807) is 6.92 Å². The first-order chi connectivity index (χ1) is 29.1. The summed E-state index contributed by atoms with van der Waals surface area (Å²) in [4.78, 5) is 111. The van der Waals surface area contributed by atoms with E-state index in [0.29, 0.717) is 0 Å². The van der Waals surface area contributed by atoms with Crippen LogP contribution >= 0.6 is 0 Å². The van der Waals surface area contributed by atoms with Crippen molar-refractivity contribution in [3.8, 4) is 0 Å². The van der Waals surface area contributed by atoms with E-state index in [1.165, 1.54) is 0 Å². The number of aliphatic carboxylic acids is 1. The van der Waals surface area contributed by atoms with Gasteiger partial charge in [0.05, 0.1) is 56.9 Å². The molecule has 0 aromatic carbocycles. The number of hydrogen-bond donors (Lipinski definition) is 16. The van der Waals surface area contributed by atoms with Crippen LogP contribution in [0.1, 0.15) is 72.1 Å². The maximum Gasteiger partial charge on any atom is 0.407 e. The Balaban J connectivity index is 0. The number of amides is 5. The SMILES string of the molecule is C.CCC(=O)NCC(=O)CCC(=O)NCC(=O)C[C@@H](COC(=O)NCCC(=O)O)C(=O)NC(CCC(=O)NC[C@H](O)[C@@H](O)[C@H](O)[C@H](O)CO)C(=O)CC[C@H](O)[C@@H](O)[C@H](O)[C@H](O)CO. The fourth-order valence-electron chi connectivity index (χ4n) is 5.09. The highest BCUT2D eigenvalue weighted by molar-refractivity contribution is 5.94. The third-order valence-corrected chi connectivity index (χ3v) is 9.00. The topological polar surface area (TPSA) is 446 Å². The van der Waals surface area contributed by atoms with Crippen LogP contribution in [0.5, 0.6) is 0 Å². The van der Waals surface area contributed by atoms with Gasteiger partial charge in [-0.2, -0.15) is 0 Å². The second-order valence-corrected chi connectivity index (χ2v) is 14.1. The average Bonchev–Trinajstić information content (AvgIpc) is 3.25. The molecule has 10 atom stereocenters. The van der Waals surface area contributed by atoms with Crippen LogP contribution in [0.4, 0.5) is 4.79 Å². The molecule has 26 nitrogen and oxygen atoms in total. The van der Waals surface area contributed by atoms with Crippen molar-refractivity contribution in [1.29, 1.82) is 0 Å². The van der Waals surface area contributed by atoms with Crippen molar-refractivity contribution in [2.24, 2.45) is 5.92 Å². The summed E-state index contributed by atoms with van der Waals surface area (Å²) in [6, 6.07) is -1.65. The van der Waals surface area contributed by atoms with E-state index in [-0.39, 0.29) is 45.7 Å². The lowest BCUT2D eigenvalue weighted by Crippen LogP contribution is -2.50. The molecule has 0 aliphatic carbocycles. The molecular formula is C37H65N5O21. The monoisotopic (exact) mass is 915 g/mol. The Labute approximate surface area is 362 Å². The molecule has 364 valence electrons. The number of alkyl carbamates (subject to hydrolysis) is 1. The maximum absolute atomic E-state index is 13.6. The summed E-state index contributed by atoms with van der Waals surface area (Å²) in [5.74, 6) is -8.28. The van der Waals surface area contributed by atoms with Gasteiger partial charge in [-0.25, -0.2) is 4.79 Å². The Hall–Kier alpha value is -4.77. The van der Waals surface area contributed by atoms with E-state index in [2.05, 4.69) is 26.6 Å². The minimum absolute atomic E-state index is 0. The molecular weight excluding hydrogens is 850 g/mol. The van der Waals surface area contributed by atoms with Crippen LogP contribution in [0.15, 0.2) is 0 Å². The average molecular weight is 916 g/mol. The minimum Gasteiger partial charge on any atom is -0.481 e. The number of rotatable bonds is 34. The first-order valence-electron chi connectivity index (χ1n) is 19.5. The molecule has 0 fully saturated rings. The molecule has 0 heterocycles. The molecule has 0 saturated heterocycles. The number of nitrogens with one attached hydrogen (secondary N) is 5. The molecule has 63 heavy (non-hydrogen) atoms. The molecule has 0 aliphatic heterocycles. The molecule has 0 radical (unpaired) electrons. The lowest BCUT2D eigenvalue weighted by Gasteiger charge is -2.26. The highest BCUT2D eigenvalue weighted by Crippen LogP contribution is 2.14. The first-order valence-corrected chi connectivity index (χ1v) is 19.5. The lowest BCUT2D eigenvalue weighted by atomic mass is 9.95. The summed E-state index contributed by atoms with van der Waals surface area (Å²) in [6.45, 7) is -3.36. The Morgan fingerprint density at radius 1 is 0.571 bits per heavy atom. The predicted molar refractivity (Wildman–Crippen MR) is 213 cm³/mol. The zero-order valence-electron chi connectivity index (χ0n) is 34.1. The Kier molecular flexibility index (Phi) is 31.4. The molecule has 0 aromatic rings. The number of Topliss-reactive ketones (excluding diaryl/α,β-unsaturated/α-hetero) is 3. The number of aliphatic hydroxyl groups excluding tert-OH is 10. The van der Waals surface area contributed by atoms with Crippen LogP contribution in [0.3, 0.4) is 0 Å². The van der Waals surface area contributed by atoms with Gasteiger partial charge in [-0.3, -0.25) is 38.4 Å². The molecule has 0 aromatic heterocycles. The number of carboxylic acid groups (broad SMARTS) is 1. The summed E-state index contributed by atoms with van der Waals surface area (Å²) in [5.41, 5.74) is 0. The van der Waals surface area contributed by atoms with Gasteiger partial charge in [0.25, 0.3) is 0 Å². The lowest BCUT2D eigenvalue weighted by molar-refractivity contribution is -0.137. The van der Waals surface area contributed by atoms with E-state index in [9.17, 15) is 84.0 Å². The zero-order valence-corrected chi connectivity index (χ0v) is 34.1. The van der Waals surface area contributed by atoms with Crippen LogP contribution in [-0.2, 0) is 43.1 Å². The first kappa shape index (κ1) is 60.3. The van der Waals surface area contributed by atoms with Crippen molar-refractivity contribution >= 4 is 53.0 Å². The Bertz CT molecular complexity index is 1470. The van der Waals surface area contributed by atoms with E-state index in [1.807, 2.05) is 0 Å². The molecule has 0 saturated carbocycles. The number of hydrogen-bond acceptors (Lipinski definition) is 20. The Morgan fingerprint density at radius 3 is 1.65 bits per heavy atom. The molecule has 5 amide bonds. The number of carboxylic acids is 1. The van der Waals surface area contributed by atoms with Gasteiger partial charge in [-0.15, -0.1) is 0 Å². The van der Waals surface area contributed by atoms with Crippen LogP contribution in [-0.4, -0.2) is 210 Å². The fraction of sp³-hybridized carbons (Fsp3) is 0.757. The molecule has 0 spiro atoms. The number of ketones is 3. The number of carbonyl (C=O) groups excluding carboxylic acids is 8. The highest BCUT2D eigenvalue weighted by Gasteiger charge is 2.34. The maximum atomic E-state index is 13.6. The quantitative estimate of drug-likeness (QED) is 0.0285. The summed E-state index contributed by atoms with van der Waals surface area (Å²) in [5, 5.41) is 117. The fourth-order valence-corrected chi connectivity index (χ4v) is 5.09. The van der Waals surface area contributed by atoms with Gasteiger partial charge in [-0.05, 0) is 12.8 Å². The molecule has 0 rings (SSSR count). The second kappa shape index (κ2) is 32.8. The smallest absolute Gasteiger partial charge is 0.407 e. The molecule has 16 N–H and O–H groups in total. The minimum atomic E-state index is -2.06. The van der Waals surface area contributed by atoms with E-state index in [4.69, 9.17) is 20.1 Å². The van der Waals surface area contributed by atoms with Crippen molar-refractivity contribution in [2.45, 2.75) is 127 Å². The summed E-state index contributed by atoms with van der Waals surface area (Å²) >= 11 is 0. The van der Waals surface area contributed by atoms with Crippen LogP contribution < -0.4 is 26.6 Å². The van der Waals surface area contributed by atoms with Gasteiger partial charge in [-0.1, -0.05) is 14.4 Å². The molecule has 26 heteroatoms. The third kappa shape index (κ3) is 25.8. The number of ether oxygens (including phenoxy) is 1. The van der Waals surface area contributed by atoms with Crippen LogP contribution in [0, 0.1) is 5.92 Å². The van der Waals surface area contributed by atoms with Crippen molar-refractivity contribution in [3.05, 3.63) is 0 Å². The third-order valence-electron chi connectivity index (χ3n) is 9.00. The zero-order chi connectivity index (χ0) is 47.5. The number of carbonyl (C=O) groups is 9. The largest absolute Gasteiger partial charge is 0.481 e. The molecule has 0 bridgehead atoms. The Morgan fingerprint density at radius 2 is 1.10 bits per heavy atom. The normalized spacial score (nSPS) is 15.8. The highest BCUT2D eigenvalue weighted by atomic mass is 16.5. The van der Waals surface area contributed by atoms with Crippen molar-refractivity contribution in [2.75, 3.05) is 46.0 Å². The summed E-state index contributed by atoms with van der Waals surface area (Å²) in [7, 11) is 0. The standard InChI is InChI=1S/C36H61N5O21.CH4/c1-2-27(51)38-12-19(44)3-7-28(52)39-13-20(45)11-18(17-62-36(61)37-10-9-30(54)55)35(60)41-21(22(46)5-6-23(47)31(56)33(58)25(49)15-42)4-8-29(53)40-14-24(48)32(57)34(59)26(50)16-43;/h18,21,23-26,31-34,42-43,47-50,56-59H,2-17H2,1H3,(H,37,61)(H,38,51)(H,39,52)(H,40,53)(H,41,60)(H,54,55);1H4/t18-,21?,23-,24-,25+,26+,31+,32+,33+,34+;/m0./s1. The predicted octanol–water partition coefficient (Wildman–Crippen LogP) is -7.01. The van der Waals surface area contributed by atoms with E-state index >= 15 is 0 Å². The second-order valence-electron chi connectivity index (χ2n) is 14.1. The number of aliphatic hydroxyl groups is 10. The van der Waals surface area contributed by atoms with Gasteiger partial charge >= 0.3 is 12.1 Å². The van der Waals surface area contributed by atoms with Crippen LogP contribution in [0.25, 0.3) is 0 Å². The van der Waals surface area contributed by atoms with E-state index < -0.39 is 179 Å². The molecule has 0 aliphatic rings. The van der Waals surface area contributed by atoms with Crippen molar-refractivity contribution in [3.63, 3.8) is 0 Å². The summed E-state index contributed by atoms with van der Waals surface area (Å²) in [6.07, 6.45) is -21.0. The van der Waals surface area contributed by atoms with Crippen LogP contribution in [0.2, 0.25) is 0 Å². The van der Waals surface area contributed by atoms with Gasteiger partial charge in [0.1, 0.15) is 43.2 Å². The van der Waals surface area contributed by atoms with E-state index in [0.717, 1.165) is 0 Å². The van der Waals surface area contributed by atoms with Crippen molar-refractivity contribution < 1.29 is 104 Å². The van der Waals surface area contributed by atoms with Gasteiger partial charge in [0.2, 0.25) is 23.6 Å². The van der Waals surface area contributed by atoms with Crippen molar-refractivity contribution in [1.82, 2.24) is 26.6 Å². The summed E-state index contributed by atoms with van der Waals surface area (Å²) < 4.78 is 4.98.